The van der Waals surface area contributed by atoms with Crippen LogP contribution >= 0.6 is 15.9 Å². The number of amides is 1. The first kappa shape index (κ1) is 25.1. The molecule has 2 aromatic heterocycles. The number of sulfone groups is 2. The third kappa shape index (κ3) is 4.62. The van der Waals surface area contributed by atoms with E-state index in [0.29, 0.717) is 4.47 Å². The Bertz CT molecular complexity index is 1460. The number of carbonyl (C=O) groups is 2. The second kappa shape index (κ2) is 9.40. The quantitative estimate of drug-likeness (QED) is 0.403. The number of carbonyl (C=O) groups excluding carboxylic acids is 2. The van der Waals surface area contributed by atoms with Crippen LogP contribution in [0.3, 0.4) is 0 Å². The molecule has 3 aromatic rings. The van der Waals surface area contributed by atoms with Crippen molar-refractivity contribution >= 4 is 52.8 Å². The Kier molecular flexibility index (Phi) is 7.15. The lowest BCUT2D eigenvalue weighted by molar-refractivity contribution is 0.0997. The largest absolute Gasteiger partial charge is 0.366 e. The van der Waals surface area contributed by atoms with Crippen molar-refractivity contribution in [3.05, 3.63) is 63.9 Å². The van der Waals surface area contributed by atoms with Crippen molar-refractivity contribution in [1.29, 1.82) is 0 Å². The number of rotatable bonds is 9. The van der Waals surface area contributed by atoms with Crippen molar-refractivity contribution in [2.24, 2.45) is 5.73 Å². The number of ketones is 1. The smallest absolute Gasteiger partial charge is 0.250 e. The van der Waals surface area contributed by atoms with Crippen LogP contribution in [0.25, 0.3) is 5.52 Å². The number of primary amides is 1. The molecule has 11 heteroatoms. The van der Waals surface area contributed by atoms with Gasteiger partial charge in [-0.3, -0.25) is 9.59 Å². The number of hydrogen-bond donors (Lipinski definition) is 1. The summed E-state index contributed by atoms with van der Waals surface area (Å²) in [4.78, 5) is 24.7. The Morgan fingerprint density at radius 2 is 1.45 bits per heavy atom. The molecule has 2 N–H and O–H groups in total. The number of benzene rings is 1. The van der Waals surface area contributed by atoms with E-state index in [0.717, 1.165) is 4.40 Å². The summed E-state index contributed by atoms with van der Waals surface area (Å²) < 4.78 is 55.4. The van der Waals surface area contributed by atoms with Crippen LogP contribution in [0.2, 0.25) is 0 Å². The number of fused-ring (bicyclic) bond motifs is 1. The molecule has 3 rings (SSSR count). The molecular formula is C22H23BrN2O6S2. The fraction of sp³-hybridized carbons (Fsp3) is 0.273. The number of halogens is 1. The van der Waals surface area contributed by atoms with E-state index in [2.05, 4.69) is 15.9 Å². The molecule has 2 heterocycles. The minimum absolute atomic E-state index is 0.162. The fourth-order valence-electron chi connectivity index (χ4n) is 3.72. The van der Waals surface area contributed by atoms with Gasteiger partial charge in [-0.15, -0.1) is 0 Å². The Morgan fingerprint density at radius 3 is 1.97 bits per heavy atom. The van der Waals surface area contributed by atoms with Crippen LogP contribution in [0.4, 0.5) is 0 Å². The van der Waals surface area contributed by atoms with Gasteiger partial charge < -0.3 is 10.1 Å². The van der Waals surface area contributed by atoms with Crippen molar-refractivity contribution in [2.75, 3.05) is 11.5 Å². The van der Waals surface area contributed by atoms with Crippen LogP contribution in [-0.4, -0.2) is 44.4 Å². The van der Waals surface area contributed by atoms with Crippen LogP contribution in [0.15, 0.2) is 56.9 Å². The maximum atomic E-state index is 13.6. The summed E-state index contributed by atoms with van der Waals surface area (Å²) in [5.41, 5.74) is 4.95. The monoisotopic (exact) mass is 554 g/mol. The zero-order valence-electron chi connectivity index (χ0n) is 18.0. The molecule has 33 heavy (non-hydrogen) atoms. The highest BCUT2D eigenvalue weighted by molar-refractivity contribution is 9.10. The predicted molar refractivity (Wildman–Crippen MR) is 128 cm³/mol. The van der Waals surface area contributed by atoms with Gasteiger partial charge in [-0.25, -0.2) is 16.8 Å². The van der Waals surface area contributed by atoms with E-state index in [9.17, 15) is 26.4 Å². The molecular weight excluding hydrogens is 532 g/mol. The first-order valence-corrected chi connectivity index (χ1v) is 14.3. The molecule has 1 amide bonds. The summed E-state index contributed by atoms with van der Waals surface area (Å²) >= 11 is 3.29. The Morgan fingerprint density at radius 1 is 0.909 bits per heavy atom. The average Bonchev–Trinajstić information content (AvgIpc) is 3.10. The van der Waals surface area contributed by atoms with E-state index in [-0.39, 0.29) is 46.7 Å². The molecule has 0 saturated carbocycles. The summed E-state index contributed by atoms with van der Waals surface area (Å²) in [6.45, 7) is 3.28. The zero-order chi connectivity index (χ0) is 24.6. The van der Waals surface area contributed by atoms with Crippen LogP contribution in [0.1, 0.15) is 53.1 Å². The highest BCUT2D eigenvalue weighted by atomic mass is 79.9. The zero-order valence-corrected chi connectivity index (χ0v) is 21.3. The van der Waals surface area contributed by atoms with Gasteiger partial charge in [0.15, 0.2) is 19.7 Å². The minimum Gasteiger partial charge on any atom is -0.366 e. The van der Waals surface area contributed by atoms with Gasteiger partial charge in [0.25, 0.3) is 5.91 Å². The van der Waals surface area contributed by atoms with Gasteiger partial charge in [-0.1, -0.05) is 29.8 Å². The molecule has 0 aliphatic heterocycles. The molecule has 0 aliphatic carbocycles. The number of aromatic nitrogens is 1. The molecule has 8 nitrogen and oxygen atoms in total. The van der Waals surface area contributed by atoms with Gasteiger partial charge in [0.1, 0.15) is 15.5 Å². The summed E-state index contributed by atoms with van der Waals surface area (Å²) in [6, 6.07) is 8.96. The highest BCUT2D eigenvalue weighted by Crippen LogP contribution is 2.37. The third-order valence-corrected chi connectivity index (χ3v) is 9.61. The number of nitrogens with zero attached hydrogens (tertiary/aromatic N) is 1. The van der Waals surface area contributed by atoms with Gasteiger partial charge in [-0.05, 0) is 49.2 Å². The lowest BCUT2D eigenvalue weighted by Crippen LogP contribution is -2.17. The lowest BCUT2D eigenvalue weighted by Gasteiger charge is -2.09. The van der Waals surface area contributed by atoms with Gasteiger partial charge >= 0.3 is 0 Å². The normalized spacial score (nSPS) is 12.2. The molecule has 0 spiro atoms. The maximum absolute atomic E-state index is 13.6. The van der Waals surface area contributed by atoms with Crippen molar-refractivity contribution in [3.8, 4) is 0 Å². The number of hydrogen-bond acceptors (Lipinski definition) is 6. The van der Waals surface area contributed by atoms with E-state index in [1.165, 1.54) is 30.5 Å². The van der Waals surface area contributed by atoms with Gasteiger partial charge in [0.2, 0.25) is 5.78 Å². The molecule has 0 fully saturated rings. The first-order valence-electron chi connectivity index (χ1n) is 10.2. The fourth-order valence-corrected chi connectivity index (χ4v) is 7.98. The van der Waals surface area contributed by atoms with Crippen LogP contribution in [0.5, 0.6) is 0 Å². The minimum atomic E-state index is -4.22. The van der Waals surface area contributed by atoms with Crippen molar-refractivity contribution in [3.63, 3.8) is 0 Å². The highest BCUT2D eigenvalue weighted by Gasteiger charge is 2.38. The van der Waals surface area contributed by atoms with Crippen LogP contribution in [-0.2, 0) is 19.7 Å². The molecule has 0 atom stereocenters. The van der Waals surface area contributed by atoms with Gasteiger partial charge in [0, 0.05) is 16.2 Å². The molecule has 0 unspecified atom stereocenters. The Balaban J connectivity index is 2.61. The molecule has 0 radical (unpaired) electrons. The average molecular weight is 555 g/mol. The van der Waals surface area contributed by atoms with E-state index in [1.54, 1.807) is 26.0 Å². The lowest BCUT2D eigenvalue weighted by atomic mass is 10.1. The second-order valence-corrected chi connectivity index (χ2v) is 12.5. The third-order valence-electron chi connectivity index (χ3n) is 5.03. The first-order chi connectivity index (χ1) is 15.5. The van der Waals surface area contributed by atoms with E-state index >= 15 is 0 Å². The number of pyridine rings is 1. The molecule has 0 saturated heterocycles. The molecule has 0 aliphatic rings. The standard InChI is InChI=1S/C22H23BrN2O6S2/c1-3-12-32(28,29)20-17-16(22(24)27)6-5-11-25(17)18(21(20)33(30,31)13-4-2)19(26)14-7-9-15(23)10-8-14/h5-11H,3-4,12-13H2,1-2H3,(H2,24,27). The maximum Gasteiger partial charge on any atom is 0.250 e. The Labute approximate surface area is 200 Å². The van der Waals surface area contributed by atoms with E-state index < -0.39 is 41.2 Å². The van der Waals surface area contributed by atoms with Crippen LogP contribution in [0, 0.1) is 0 Å². The summed E-state index contributed by atoms with van der Waals surface area (Å²) in [5.74, 6) is -2.36. The molecule has 0 bridgehead atoms. The summed E-state index contributed by atoms with van der Waals surface area (Å²) in [7, 11) is -8.41. The van der Waals surface area contributed by atoms with E-state index in [4.69, 9.17) is 5.73 Å². The second-order valence-electron chi connectivity index (χ2n) is 7.49. The van der Waals surface area contributed by atoms with Crippen molar-refractivity contribution < 1.29 is 26.4 Å². The molecule has 176 valence electrons. The summed E-state index contributed by atoms with van der Waals surface area (Å²) in [5, 5.41) is 0. The van der Waals surface area contributed by atoms with Crippen LogP contribution < -0.4 is 5.73 Å². The topological polar surface area (TPSA) is 133 Å². The molecule has 1 aromatic carbocycles. The summed E-state index contributed by atoms with van der Waals surface area (Å²) in [6.07, 6.45) is 1.78. The van der Waals surface area contributed by atoms with Crippen molar-refractivity contribution in [2.45, 2.75) is 36.5 Å². The Hall–Kier alpha value is -2.50. The number of nitrogens with two attached hydrogens (primary N) is 1. The van der Waals surface area contributed by atoms with Gasteiger partial charge in [0.05, 0.1) is 22.6 Å². The predicted octanol–water partition coefficient (Wildman–Crippen LogP) is 3.40. The van der Waals surface area contributed by atoms with Crippen molar-refractivity contribution in [1.82, 2.24) is 4.40 Å². The SMILES string of the molecule is CCCS(=O)(=O)c1c(S(=O)(=O)CCC)c2c(C(N)=O)cccn2c1C(=O)c1ccc(Br)cc1. The van der Waals surface area contributed by atoms with E-state index in [1.807, 2.05) is 0 Å². The van der Waals surface area contributed by atoms with Gasteiger partial charge in [-0.2, -0.15) is 0 Å².